The van der Waals surface area contributed by atoms with Gasteiger partial charge in [0.15, 0.2) is 0 Å². The fourth-order valence-electron chi connectivity index (χ4n) is 2.82. The van der Waals surface area contributed by atoms with Crippen LogP contribution in [-0.2, 0) is 16.1 Å². The number of rotatable bonds is 4. The molecule has 1 aliphatic heterocycles. The largest absolute Gasteiger partial charge is 0.323 e. The van der Waals surface area contributed by atoms with Gasteiger partial charge in [0.1, 0.15) is 17.5 Å². The van der Waals surface area contributed by atoms with Crippen LogP contribution in [0.4, 0.5) is 20.3 Å². The standard InChI is InChI=1S/C17H18F2N4O2/c1-11-9-16-22(7-2-8-23(16)21-11)17(25)6-5-15(24)20-14-10-12(18)3-4-13(14)19/h3-4,9-10H,2,5-8H2,1H3,(H,20,24). The quantitative estimate of drug-likeness (QED) is 0.924. The number of carbonyl (C=O) groups is 2. The first kappa shape index (κ1) is 17.1. The normalized spacial score (nSPS) is 13.5. The van der Waals surface area contributed by atoms with E-state index in [0.29, 0.717) is 6.54 Å². The van der Waals surface area contributed by atoms with E-state index in [0.717, 1.165) is 42.7 Å². The summed E-state index contributed by atoms with van der Waals surface area (Å²) in [5.74, 6) is -1.39. The lowest BCUT2D eigenvalue weighted by atomic mass is 10.2. The van der Waals surface area contributed by atoms with Gasteiger partial charge in [0.2, 0.25) is 11.8 Å². The average molecular weight is 348 g/mol. The third kappa shape index (κ3) is 3.84. The summed E-state index contributed by atoms with van der Waals surface area (Å²) >= 11 is 0. The molecule has 2 heterocycles. The van der Waals surface area contributed by atoms with E-state index in [1.165, 1.54) is 0 Å². The van der Waals surface area contributed by atoms with Gasteiger partial charge in [0, 0.05) is 38.1 Å². The minimum atomic E-state index is -0.725. The first-order valence-corrected chi connectivity index (χ1v) is 8.04. The van der Waals surface area contributed by atoms with Crippen LogP contribution in [0.3, 0.4) is 0 Å². The second-order valence-corrected chi connectivity index (χ2v) is 5.94. The highest BCUT2D eigenvalue weighted by Gasteiger charge is 2.24. The van der Waals surface area contributed by atoms with Crippen molar-refractivity contribution in [3.8, 4) is 0 Å². The molecule has 8 heteroatoms. The Kier molecular flexibility index (Phi) is 4.78. The third-order valence-corrected chi connectivity index (χ3v) is 3.98. The van der Waals surface area contributed by atoms with Crippen LogP contribution in [-0.4, -0.2) is 28.1 Å². The zero-order valence-electron chi connectivity index (χ0n) is 13.8. The summed E-state index contributed by atoms with van der Waals surface area (Å²) in [5.41, 5.74) is 0.596. The third-order valence-electron chi connectivity index (χ3n) is 3.98. The Morgan fingerprint density at radius 3 is 2.80 bits per heavy atom. The van der Waals surface area contributed by atoms with Gasteiger partial charge in [0.05, 0.1) is 11.4 Å². The van der Waals surface area contributed by atoms with Gasteiger partial charge in [-0.2, -0.15) is 5.10 Å². The fourth-order valence-corrected chi connectivity index (χ4v) is 2.82. The molecule has 0 atom stereocenters. The van der Waals surface area contributed by atoms with Crippen LogP contribution in [0.25, 0.3) is 0 Å². The molecule has 132 valence electrons. The molecule has 1 aromatic heterocycles. The molecular formula is C17H18F2N4O2. The van der Waals surface area contributed by atoms with E-state index >= 15 is 0 Å². The van der Waals surface area contributed by atoms with E-state index in [2.05, 4.69) is 10.4 Å². The Balaban J connectivity index is 1.59. The molecule has 0 radical (unpaired) electrons. The molecule has 0 fully saturated rings. The van der Waals surface area contributed by atoms with Gasteiger partial charge in [-0.3, -0.25) is 14.5 Å². The number of fused-ring (bicyclic) bond motifs is 1. The summed E-state index contributed by atoms with van der Waals surface area (Å²) in [6, 6.07) is 4.64. The van der Waals surface area contributed by atoms with Crippen LogP contribution in [0.1, 0.15) is 25.0 Å². The van der Waals surface area contributed by atoms with Crippen molar-refractivity contribution in [2.24, 2.45) is 0 Å². The van der Waals surface area contributed by atoms with Crippen LogP contribution in [0.15, 0.2) is 24.3 Å². The van der Waals surface area contributed by atoms with Crippen LogP contribution >= 0.6 is 0 Å². The highest BCUT2D eigenvalue weighted by atomic mass is 19.1. The van der Waals surface area contributed by atoms with Crippen LogP contribution in [0.5, 0.6) is 0 Å². The van der Waals surface area contributed by atoms with Gasteiger partial charge in [-0.15, -0.1) is 0 Å². The summed E-state index contributed by atoms with van der Waals surface area (Å²) in [6.07, 6.45) is 0.659. The summed E-state index contributed by atoms with van der Waals surface area (Å²) < 4.78 is 28.4. The topological polar surface area (TPSA) is 67.2 Å². The molecule has 0 aliphatic carbocycles. The monoisotopic (exact) mass is 348 g/mol. The van der Waals surface area contributed by atoms with Crippen molar-refractivity contribution in [1.29, 1.82) is 0 Å². The number of aryl methyl sites for hydroxylation is 2. The smallest absolute Gasteiger partial charge is 0.228 e. The number of carbonyl (C=O) groups excluding carboxylic acids is 2. The van der Waals surface area contributed by atoms with Crippen molar-refractivity contribution in [3.05, 3.63) is 41.6 Å². The van der Waals surface area contributed by atoms with E-state index in [1.54, 1.807) is 9.58 Å². The molecule has 0 unspecified atom stereocenters. The van der Waals surface area contributed by atoms with Crippen molar-refractivity contribution >= 4 is 23.3 Å². The number of anilines is 2. The van der Waals surface area contributed by atoms with E-state index in [4.69, 9.17) is 0 Å². The van der Waals surface area contributed by atoms with E-state index < -0.39 is 17.5 Å². The Morgan fingerprint density at radius 1 is 1.20 bits per heavy atom. The molecule has 1 aromatic carbocycles. The molecule has 0 bridgehead atoms. The SMILES string of the molecule is Cc1cc2n(n1)CCCN2C(=O)CCC(=O)Nc1cc(F)ccc1F. The van der Waals surface area contributed by atoms with Crippen LogP contribution < -0.4 is 10.2 Å². The summed E-state index contributed by atoms with van der Waals surface area (Å²) in [6.45, 7) is 3.19. The molecule has 3 rings (SSSR count). The number of amides is 2. The minimum absolute atomic E-state index is 0.0208. The Morgan fingerprint density at radius 2 is 2.00 bits per heavy atom. The maximum Gasteiger partial charge on any atom is 0.228 e. The average Bonchev–Trinajstić information content (AvgIpc) is 2.96. The summed E-state index contributed by atoms with van der Waals surface area (Å²) in [7, 11) is 0. The van der Waals surface area contributed by atoms with Gasteiger partial charge in [-0.05, 0) is 25.5 Å². The summed E-state index contributed by atoms with van der Waals surface area (Å²) in [4.78, 5) is 26.0. The maximum absolute atomic E-state index is 13.5. The zero-order chi connectivity index (χ0) is 18.0. The Labute approximate surface area is 143 Å². The predicted molar refractivity (Wildman–Crippen MR) is 88.2 cm³/mol. The van der Waals surface area contributed by atoms with Crippen molar-refractivity contribution in [1.82, 2.24) is 9.78 Å². The number of hydrogen-bond donors (Lipinski definition) is 1. The molecule has 2 aromatic rings. The lowest BCUT2D eigenvalue weighted by molar-refractivity contribution is -0.122. The molecule has 25 heavy (non-hydrogen) atoms. The van der Waals surface area contributed by atoms with Gasteiger partial charge in [-0.1, -0.05) is 0 Å². The number of benzene rings is 1. The van der Waals surface area contributed by atoms with Crippen LogP contribution in [0.2, 0.25) is 0 Å². The molecular weight excluding hydrogens is 330 g/mol. The van der Waals surface area contributed by atoms with Crippen molar-refractivity contribution in [3.63, 3.8) is 0 Å². The van der Waals surface area contributed by atoms with Gasteiger partial charge in [0.25, 0.3) is 0 Å². The first-order valence-electron chi connectivity index (χ1n) is 8.04. The second-order valence-electron chi connectivity index (χ2n) is 5.94. The second kappa shape index (κ2) is 7.00. The first-order chi connectivity index (χ1) is 11.9. The molecule has 6 nitrogen and oxygen atoms in total. The van der Waals surface area contributed by atoms with E-state index in [-0.39, 0.29) is 24.4 Å². The number of nitrogens with one attached hydrogen (secondary N) is 1. The molecule has 0 spiro atoms. The highest BCUT2D eigenvalue weighted by molar-refractivity contribution is 5.97. The zero-order valence-corrected chi connectivity index (χ0v) is 13.8. The predicted octanol–water partition coefficient (Wildman–Crippen LogP) is 2.63. The lowest BCUT2D eigenvalue weighted by Crippen LogP contribution is -2.37. The minimum Gasteiger partial charge on any atom is -0.323 e. The van der Waals surface area contributed by atoms with Crippen molar-refractivity contribution < 1.29 is 18.4 Å². The summed E-state index contributed by atoms with van der Waals surface area (Å²) in [5, 5.41) is 6.61. The van der Waals surface area contributed by atoms with Crippen LogP contribution in [0, 0.1) is 18.6 Å². The van der Waals surface area contributed by atoms with E-state index in [9.17, 15) is 18.4 Å². The number of aromatic nitrogens is 2. The molecule has 1 aliphatic rings. The Hall–Kier alpha value is -2.77. The van der Waals surface area contributed by atoms with E-state index in [1.807, 2.05) is 13.0 Å². The van der Waals surface area contributed by atoms with Gasteiger partial charge >= 0.3 is 0 Å². The van der Waals surface area contributed by atoms with Gasteiger partial charge in [-0.25, -0.2) is 13.5 Å². The number of hydrogen-bond acceptors (Lipinski definition) is 3. The molecule has 0 saturated heterocycles. The fraction of sp³-hybridized carbons (Fsp3) is 0.353. The van der Waals surface area contributed by atoms with Crippen molar-refractivity contribution in [2.75, 3.05) is 16.8 Å². The highest BCUT2D eigenvalue weighted by Crippen LogP contribution is 2.23. The molecule has 0 saturated carbocycles. The number of nitrogens with zero attached hydrogens (tertiary/aromatic N) is 3. The number of halogens is 2. The molecule has 1 N–H and O–H groups in total. The van der Waals surface area contributed by atoms with Gasteiger partial charge < -0.3 is 5.32 Å². The maximum atomic E-state index is 13.5. The molecule has 2 amide bonds. The van der Waals surface area contributed by atoms with Crippen molar-refractivity contribution in [2.45, 2.75) is 32.7 Å². The Bertz CT molecular complexity index is 819. The lowest BCUT2D eigenvalue weighted by Gasteiger charge is -2.27.